The van der Waals surface area contributed by atoms with E-state index in [1.165, 1.54) is 0 Å². The molecule has 3 saturated heterocycles. The lowest BCUT2D eigenvalue weighted by Gasteiger charge is -2.37. The summed E-state index contributed by atoms with van der Waals surface area (Å²) in [5.74, 6) is -2.17. The third-order valence-corrected chi connectivity index (χ3v) is 10.3. The molecule has 6 rings (SSSR count). The van der Waals surface area contributed by atoms with Crippen LogP contribution in [0, 0.1) is 11.8 Å². The third-order valence-electron chi connectivity index (χ3n) is 10.3. The Balaban J connectivity index is 1.35. The number of para-hydroxylation sites is 1. The molecule has 48 heavy (non-hydrogen) atoms. The van der Waals surface area contributed by atoms with Crippen LogP contribution >= 0.6 is 0 Å². The standard InChI is InChI=1S/C37H46N6O5/c1-4-21-40(25-27-15-9-8-10-16-27)33(45)30-31-34(46)42(23-13-6-7-14-24-44)32(37(31)20-19-36(30,3)48-37)35(47)41(22-5-2)26-43-29-18-12-11-17-28(29)38-39-43/h4-5,8-12,15-18,30-32,44H,1-2,6-7,13-14,19-26H2,3H3/t30-,31+,32?,36+,37?/m1/s1. The predicted molar refractivity (Wildman–Crippen MR) is 181 cm³/mol. The van der Waals surface area contributed by atoms with Crippen molar-refractivity contribution in [2.24, 2.45) is 11.8 Å². The lowest BCUT2D eigenvalue weighted by molar-refractivity contribution is -0.154. The smallest absolute Gasteiger partial charge is 0.250 e. The van der Waals surface area contributed by atoms with Gasteiger partial charge in [0.25, 0.3) is 0 Å². The number of amides is 3. The number of hydrogen-bond acceptors (Lipinski definition) is 7. The fraction of sp³-hybridized carbons (Fsp3) is 0.486. The van der Waals surface area contributed by atoms with Crippen molar-refractivity contribution in [1.82, 2.24) is 29.7 Å². The van der Waals surface area contributed by atoms with E-state index >= 15 is 0 Å². The zero-order valence-electron chi connectivity index (χ0n) is 27.7. The molecule has 2 unspecified atom stereocenters. The number of carbonyl (C=O) groups is 3. The quantitative estimate of drug-likeness (QED) is 0.184. The van der Waals surface area contributed by atoms with Gasteiger partial charge in [0, 0.05) is 32.8 Å². The van der Waals surface area contributed by atoms with Gasteiger partial charge in [-0.2, -0.15) is 0 Å². The molecule has 1 aromatic heterocycles. The molecule has 11 heteroatoms. The molecule has 0 saturated carbocycles. The number of likely N-dealkylation sites (tertiary alicyclic amines) is 1. The Hall–Kier alpha value is -4.35. The predicted octanol–water partition coefficient (Wildman–Crippen LogP) is 3.94. The van der Waals surface area contributed by atoms with Crippen LogP contribution in [0.2, 0.25) is 0 Å². The summed E-state index contributed by atoms with van der Waals surface area (Å²) >= 11 is 0. The largest absolute Gasteiger partial charge is 0.396 e. The molecule has 0 radical (unpaired) electrons. The molecule has 3 aliphatic rings. The van der Waals surface area contributed by atoms with Crippen molar-refractivity contribution < 1.29 is 24.2 Å². The molecule has 3 amide bonds. The number of fused-ring (bicyclic) bond motifs is 2. The summed E-state index contributed by atoms with van der Waals surface area (Å²) in [7, 11) is 0. The Morgan fingerprint density at radius 2 is 1.69 bits per heavy atom. The first kappa shape index (κ1) is 33.5. The number of nitrogens with zero attached hydrogens (tertiary/aromatic N) is 6. The summed E-state index contributed by atoms with van der Waals surface area (Å²) in [6.07, 6.45) is 7.39. The Bertz CT molecular complexity index is 1660. The highest BCUT2D eigenvalue weighted by molar-refractivity contribution is 5.99. The van der Waals surface area contributed by atoms with E-state index in [0.29, 0.717) is 50.8 Å². The summed E-state index contributed by atoms with van der Waals surface area (Å²) < 4.78 is 8.60. The maximum atomic E-state index is 14.9. The van der Waals surface area contributed by atoms with Crippen LogP contribution in [0.4, 0.5) is 0 Å². The molecule has 1 spiro atoms. The molecule has 3 fully saturated rings. The average Bonchev–Trinajstić information content (AvgIpc) is 3.79. The van der Waals surface area contributed by atoms with Crippen molar-refractivity contribution >= 4 is 28.8 Å². The van der Waals surface area contributed by atoms with Crippen LogP contribution < -0.4 is 0 Å². The van der Waals surface area contributed by atoms with Gasteiger partial charge in [0.1, 0.15) is 23.8 Å². The lowest BCUT2D eigenvalue weighted by Crippen LogP contribution is -2.56. The Morgan fingerprint density at radius 3 is 2.44 bits per heavy atom. The van der Waals surface area contributed by atoms with Crippen molar-refractivity contribution in [3.8, 4) is 0 Å². The van der Waals surface area contributed by atoms with Crippen molar-refractivity contribution in [3.05, 3.63) is 85.5 Å². The Labute approximate surface area is 281 Å². The summed E-state index contributed by atoms with van der Waals surface area (Å²) in [6, 6.07) is 16.4. The van der Waals surface area contributed by atoms with Crippen molar-refractivity contribution in [2.45, 2.75) is 75.9 Å². The highest BCUT2D eigenvalue weighted by Gasteiger charge is 2.78. The number of aliphatic hydroxyl groups is 1. The van der Waals surface area contributed by atoms with E-state index in [4.69, 9.17) is 4.74 Å². The summed E-state index contributed by atoms with van der Waals surface area (Å²) in [6.45, 7) is 11.3. The summed E-state index contributed by atoms with van der Waals surface area (Å²) in [5.41, 5.74) is 0.438. The SMILES string of the molecule is C=CCN(Cn1nnc2ccccc21)C(=O)C1N(CCCCCCO)C(=O)[C@@H]2[C@H](C(=O)N(CC=C)Cc3ccccc3)[C@]3(C)CCC12O3. The van der Waals surface area contributed by atoms with Crippen LogP contribution in [0.15, 0.2) is 79.9 Å². The number of hydrogen-bond donors (Lipinski definition) is 1. The van der Waals surface area contributed by atoms with E-state index < -0.39 is 29.1 Å². The highest BCUT2D eigenvalue weighted by Crippen LogP contribution is 2.63. The van der Waals surface area contributed by atoms with E-state index in [9.17, 15) is 19.5 Å². The highest BCUT2D eigenvalue weighted by atomic mass is 16.5. The zero-order chi connectivity index (χ0) is 33.9. The molecule has 1 N–H and O–H groups in total. The average molecular weight is 655 g/mol. The second-order valence-electron chi connectivity index (χ2n) is 13.5. The maximum absolute atomic E-state index is 14.9. The number of carbonyl (C=O) groups excluding carboxylic acids is 3. The van der Waals surface area contributed by atoms with Crippen LogP contribution in [-0.2, 0) is 32.3 Å². The van der Waals surface area contributed by atoms with E-state index in [0.717, 1.165) is 23.9 Å². The summed E-state index contributed by atoms with van der Waals surface area (Å²) in [4.78, 5) is 49.2. The molecular formula is C37H46N6O5. The van der Waals surface area contributed by atoms with Gasteiger partial charge in [0.05, 0.1) is 23.0 Å². The van der Waals surface area contributed by atoms with E-state index in [1.54, 1.807) is 31.5 Å². The minimum absolute atomic E-state index is 0.114. The van der Waals surface area contributed by atoms with Crippen LogP contribution in [0.5, 0.6) is 0 Å². The minimum atomic E-state index is -1.15. The second kappa shape index (κ2) is 14.0. The molecule has 254 valence electrons. The van der Waals surface area contributed by atoms with Gasteiger partial charge < -0.3 is 24.5 Å². The first-order chi connectivity index (χ1) is 23.3. The van der Waals surface area contributed by atoms with Crippen LogP contribution in [0.1, 0.15) is 51.0 Å². The molecule has 2 bridgehead atoms. The normalized spacial score (nSPS) is 25.8. The van der Waals surface area contributed by atoms with Crippen LogP contribution in [0.3, 0.4) is 0 Å². The van der Waals surface area contributed by atoms with Crippen molar-refractivity contribution in [3.63, 3.8) is 0 Å². The molecule has 11 nitrogen and oxygen atoms in total. The minimum Gasteiger partial charge on any atom is -0.396 e. The number of aromatic nitrogens is 3. The molecule has 4 heterocycles. The van der Waals surface area contributed by atoms with Crippen LogP contribution in [0.25, 0.3) is 11.0 Å². The zero-order valence-corrected chi connectivity index (χ0v) is 27.7. The van der Waals surface area contributed by atoms with Gasteiger partial charge in [-0.05, 0) is 50.3 Å². The number of benzene rings is 2. The molecule has 0 aliphatic carbocycles. The number of unbranched alkanes of at least 4 members (excludes halogenated alkanes) is 3. The van der Waals surface area contributed by atoms with Gasteiger partial charge in [-0.3, -0.25) is 14.4 Å². The fourth-order valence-corrected chi connectivity index (χ4v) is 8.19. The van der Waals surface area contributed by atoms with Gasteiger partial charge in [0.2, 0.25) is 17.7 Å². The molecule has 2 aromatic carbocycles. The topological polar surface area (TPSA) is 121 Å². The summed E-state index contributed by atoms with van der Waals surface area (Å²) in [5, 5.41) is 17.9. The maximum Gasteiger partial charge on any atom is 0.250 e. The first-order valence-corrected chi connectivity index (χ1v) is 17.0. The van der Waals surface area contributed by atoms with Gasteiger partial charge >= 0.3 is 0 Å². The molecule has 5 atom stereocenters. The fourth-order valence-electron chi connectivity index (χ4n) is 8.19. The second-order valence-corrected chi connectivity index (χ2v) is 13.5. The van der Waals surface area contributed by atoms with Gasteiger partial charge in [-0.15, -0.1) is 18.3 Å². The van der Waals surface area contributed by atoms with Crippen LogP contribution in [-0.4, -0.2) is 96.0 Å². The van der Waals surface area contributed by atoms with Gasteiger partial charge in [-0.1, -0.05) is 72.7 Å². The van der Waals surface area contributed by atoms with E-state index in [1.807, 2.05) is 61.5 Å². The third kappa shape index (κ3) is 5.94. The molecule has 3 aliphatic heterocycles. The Kier molecular flexibility index (Phi) is 9.80. The Morgan fingerprint density at radius 1 is 0.979 bits per heavy atom. The number of rotatable bonds is 16. The van der Waals surface area contributed by atoms with E-state index in [2.05, 4.69) is 23.5 Å². The van der Waals surface area contributed by atoms with E-state index in [-0.39, 0.29) is 37.5 Å². The first-order valence-electron chi connectivity index (χ1n) is 17.0. The number of ether oxygens (including phenoxy) is 1. The van der Waals surface area contributed by atoms with Gasteiger partial charge in [-0.25, -0.2) is 4.68 Å². The molecule has 3 aromatic rings. The lowest BCUT2D eigenvalue weighted by atomic mass is 9.66. The number of aliphatic hydroxyl groups excluding tert-OH is 1. The van der Waals surface area contributed by atoms with Gasteiger partial charge in [0.15, 0.2) is 0 Å². The molecular weight excluding hydrogens is 608 g/mol. The van der Waals surface area contributed by atoms with Crippen molar-refractivity contribution in [2.75, 3.05) is 26.2 Å². The monoisotopic (exact) mass is 654 g/mol. The van der Waals surface area contributed by atoms with Crippen molar-refractivity contribution in [1.29, 1.82) is 0 Å².